The number of imidazole rings is 1. The molecule has 3 aromatic rings. The Balaban J connectivity index is 1.65. The molecule has 26 heavy (non-hydrogen) atoms. The van der Waals surface area contributed by atoms with E-state index in [0.717, 1.165) is 30.7 Å². The van der Waals surface area contributed by atoms with Gasteiger partial charge in [-0.05, 0) is 51.0 Å². The van der Waals surface area contributed by atoms with E-state index in [1.165, 1.54) is 5.52 Å². The quantitative estimate of drug-likeness (QED) is 0.718. The maximum atomic E-state index is 12.8. The first-order chi connectivity index (χ1) is 12.6. The average molecular weight is 348 g/mol. The summed E-state index contributed by atoms with van der Waals surface area (Å²) in [6, 6.07) is 12.3. The van der Waals surface area contributed by atoms with Crippen molar-refractivity contribution in [1.29, 1.82) is 0 Å². The lowest BCUT2D eigenvalue weighted by atomic mass is 9.96. The zero-order valence-corrected chi connectivity index (χ0v) is 15.3. The van der Waals surface area contributed by atoms with Gasteiger partial charge < -0.3 is 9.47 Å². The molecule has 1 atom stereocenters. The Hall–Kier alpha value is -2.69. The van der Waals surface area contributed by atoms with Gasteiger partial charge in [-0.1, -0.05) is 12.1 Å². The number of amides is 1. The van der Waals surface area contributed by atoms with Gasteiger partial charge in [0, 0.05) is 37.4 Å². The standard InChI is InChI=1S/C21H24N4O/c1-15(2)25-19-10-4-3-9-18(19)23-20(25)17-8-6-12-24(14-17)21(26)16-7-5-11-22-13-16/h3-5,7,9-11,13,15,17H,6,8,12,14H2,1-2H3. The van der Waals surface area contributed by atoms with Crippen LogP contribution in [0.15, 0.2) is 48.8 Å². The van der Waals surface area contributed by atoms with Crippen LogP contribution in [0.2, 0.25) is 0 Å². The third kappa shape index (κ3) is 2.98. The first kappa shape index (κ1) is 16.8. The SMILES string of the molecule is CC(C)n1c(C2CCCN(C(=O)c3cccnc3)C2)nc2ccccc21. The van der Waals surface area contributed by atoms with E-state index in [4.69, 9.17) is 4.98 Å². The van der Waals surface area contributed by atoms with Gasteiger partial charge >= 0.3 is 0 Å². The smallest absolute Gasteiger partial charge is 0.255 e. The molecule has 0 aliphatic carbocycles. The topological polar surface area (TPSA) is 51.0 Å². The van der Waals surface area contributed by atoms with Crippen LogP contribution < -0.4 is 0 Å². The van der Waals surface area contributed by atoms with Crippen LogP contribution in [0, 0.1) is 0 Å². The fourth-order valence-corrected chi connectivity index (χ4v) is 3.94. The number of piperidine rings is 1. The molecule has 5 nitrogen and oxygen atoms in total. The molecule has 134 valence electrons. The van der Waals surface area contributed by atoms with Gasteiger partial charge in [-0.15, -0.1) is 0 Å². The predicted molar refractivity (Wildman–Crippen MR) is 102 cm³/mol. The molecule has 0 spiro atoms. The van der Waals surface area contributed by atoms with Gasteiger partial charge in [0.15, 0.2) is 0 Å². The second-order valence-corrected chi connectivity index (χ2v) is 7.25. The largest absolute Gasteiger partial charge is 0.338 e. The predicted octanol–water partition coefficient (Wildman–Crippen LogP) is 4.03. The summed E-state index contributed by atoms with van der Waals surface area (Å²) in [6.45, 7) is 5.90. The number of pyridine rings is 1. The molecule has 3 heterocycles. The number of carbonyl (C=O) groups excluding carboxylic acids is 1. The monoisotopic (exact) mass is 348 g/mol. The third-order valence-electron chi connectivity index (χ3n) is 5.12. The van der Waals surface area contributed by atoms with Crippen molar-refractivity contribution in [2.75, 3.05) is 13.1 Å². The first-order valence-electron chi connectivity index (χ1n) is 9.31. The van der Waals surface area contributed by atoms with E-state index < -0.39 is 0 Å². The molecular formula is C21H24N4O. The van der Waals surface area contributed by atoms with Crippen LogP contribution >= 0.6 is 0 Å². The molecule has 1 unspecified atom stereocenters. The molecular weight excluding hydrogens is 324 g/mol. The Morgan fingerprint density at radius 2 is 2.04 bits per heavy atom. The lowest BCUT2D eigenvalue weighted by Gasteiger charge is -2.33. The van der Waals surface area contributed by atoms with Crippen molar-refractivity contribution in [2.45, 2.75) is 38.6 Å². The molecule has 0 N–H and O–H groups in total. The number of para-hydroxylation sites is 2. The Morgan fingerprint density at radius 3 is 2.81 bits per heavy atom. The molecule has 4 rings (SSSR count). The van der Waals surface area contributed by atoms with Gasteiger partial charge in [0.25, 0.3) is 5.91 Å². The summed E-state index contributed by atoms with van der Waals surface area (Å²) in [5.41, 5.74) is 2.87. The minimum Gasteiger partial charge on any atom is -0.338 e. The molecule has 1 aromatic carbocycles. The van der Waals surface area contributed by atoms with Crippen molar-refractivity contribution in [3.8, 4) is 0 Å². The summed E-state index contributed by atoms with van der Waals surface area (Å²) >= 11 is 0. The van der Waals surface area contributed by atoms with Gasteiger partial charge in [-0.25, -0.2) is 4.98 Å². The lowest BCUT2D eigenvalue weighted by Crippen LogP contribution is -2.39. The van der Waals surface area contributed by atoms with Crippen molar-refractivity contribution in [3.63, 3.8) is 0 Å². The Morgan fingerprint density at radius 1 is 1.19 bits per heavy atom. The molecule has 2 aromatic heterocycles. The number of nitrogens with zero attached hydrogens (tertiary/aromatic N) is 4. The average Bonchev–Trinajstić information content (AvgIpc) is 3.08. The summed E-state index contributed by atoms with van der Waals surface area (Å²) in [7, 11) is 0. The zero-order valence-electron chi connectivity index (χ0n) is 15.3. The molecule has 0 radical (unpaired) electrons. The second-order valence-electron chi connectivity index (χ2n) is 7.25. The molecule has 1 aliphatic rings. The van der Waals surface area contributed by atoms with Gasteiger partial charge in [0.2, 0.25) is 0 Å². The van der Waals surface area contributed by atoms with Crippen LogP contribution in [0.5, 0.6) is 0 Å². The maximum Gasteiger partial charge on any atom is 0.255 e. The van der Waals surface area contributed by atoms with E-state index in [9.17, 15) is 4.79 Å². The third-order valence-corrected chi connectivity index (χ3v) is 5.12. The fourth-order valence-electron chi connectivity index (χ4n) is 3.94. The molecule has 0 saturated carbocycles. The summed E-state index contributed by atoms with van der Waals surface area (Å²) in [5.74, 6) is 1.43. The zero-order chi connectivity index (χ0) is 18.1. The number of hydrogen-bond acceptors (Lipinski definition) is 3. The van der Waals surface area contributed by atoms with Crippen molar-refractivity contribution in [1.82, 2.24) is 19.4 Å². The maximum absolute atomic E-state index is 12.8. The number of rotatable bonds is 3. The highest BCUT2D eigenvalue weighted by Crippen LogP contribution is 2.32. The van der Waals surface area contributed by atoms with Crippen LogP contribution in [0.25, 0.3) is 11.0 Å². The van der Waals surface area contributed by atoms with Crippen LogP contribution in [-0.2, 0) is 0 Å². The van der Waals surface area contributed by atoms with E-state index in [1.54, 1.807) is 12.4 Å². The highest BCUT2D eigenvalue weighted by molar-refractivity contribution is 5.94. The Kier molecular flexibility index (Phi) is 4.45. The van der Waals surface area contributed by atoms with Crippen LogP contribution in [-0.4, -0.2) is 38.4 Å². The number of likely N-dealkylation sites (tertiary alicyclic amines) is 1. The van der Waals surface area contributed by atoms with E-state index in [1.807, 2.05) is 23.1 Å². The molecule has 0 bridgehead atoms. The van der Waals surface area contributed by atoms with E-state index in [-0.39, 0.29) is 11.8 Å². The number of aromatic nitrogens is 3. The van der Waals surface area contributed by atoms with Crippen LogP contribution in [0.4, 0.5) is 0 Å². The van der Waals surface area contributed by atoms with E-state index >= 15 is 0 Å². The Bertz CT molecular complexity index is 916. The van der Waals surface area contributed by atoms with Gasteiger partial charge in [-0.3, -0.25) is 9.78 Å². The molecule has 5 heteroatoms. The molecule has 1 saturated heterocycles. The van der Waals surface area contributed by atoms with E-state index in [0.29, 0.717) is 18.2 Å². The fraction of sp³-hybridized carbons (Fsp3) is 0.381. The van der Waals surface area contributed by atoms with Gasteiger partial charge in [0.1, 0.15) is 5.82 Å². The Labute approximate surface area is 153 Å². The number of hydrogen-bond donors (Lipinski definition) is 0. The van der Waals surface area contributed by atoms with Crippen molar-refractivity contribution in [2.24, 2.45) is 0 Å². The minimum atomic E-state index is 0.0648. The normalized spacial score (nSPS) is 17.8. The number of benzene rings is 1. The lowest BCUT2D eigenvalue weighted by molar-refractivity contribution is 0.0703. The first-order valence-corrected chi connectivity index (χ1v) is 9.31. The number of fused-ring (bicyclic) bond motifs is 1. The second kappa shape index (κ2) is 6.90. The van der Waals surface area contributed by atoms with Crippen LogP contribution in [0.1, 0.15) is 54.8 Å². The van der Waals surface area contributed by atoms with Crippen molar-refractivity contribution in [3.05, 3.63) is 60.2 Å². The van der Waals surface area contributed by atoms with E-state index in [2.05, 4.69) is 41.6 Å². The van der Waals surface area contributed by atoms with Gasteiger partial charge in [-0.2, -0.15) is 0 Å². The molecule has 1 aliphatic heterocycles. The summed E-state index contributed by atoms with van der Waals surface area (Å²) < 4.78 is 2.33. The highest BCUT2D eigenvalue weighted by atomic mass is 16.2. The van der Waals surface area contributed by atoms with Crippen LogP contribution in [0.3, 0.4) is 0 Å². The highest BCUT2D eigenvalue weighted by Gasteiger charge is 2.29. The summed E-state index contributed by atoms with van der Waals surface area (Å²) in [4.78, 5) is 23.8. The van der Waals surface area contributed by atoms with Crippen molar-refractivity contribution < 1.29 is 4.79 Å². The van der Waals surface area contributed by atoms with Crippen molar-refractivity contribution >= 4 is 16.9 Å². The van der Waals surface area contributed by atoms with Gasteiger partial charge in [0.05, 0.1) is 16.6 Å². The minimum absolute atomic E-state index is 0.0648. The molecule has 1 amide bonds. The molecule has 1 fully saturated rings. The summed E-state index contributed by atoms with van der Waals surface area (Å²) in [6.07, 6.45) is 5.40. The summed E-state index contributed by atoms with van der Waals surface area (Å²) in [5, 5.41) is 0. The number of carbonyl (C=O) groups is 1.